The van der Waals surface area contributed by atoms with Gasteiger partial charge in [-0.2, -0.15) is 0 Å². The summed E-state index contributed by atoms with van der Waals surface area (Å²) in [6.45, 7) is 12.0. The molecule has 0 fully saturated rings. The Balaban J connectivity index is 1.59. The number of carbonyl (C=O) groups is 2. The van der Waals surface area contributed by atoms with E-state index in [9.17, 15) is 9.59 Å². The average molecular weight is 511 g/mol. The normalized spacial score (nSPS) is 10.9. The van der Waals surface area contributed by atoms with Crippen LogP contribution in [0.3, 0.4) is 0 Å². The van der Waals surface area contributed by atoms with Gasteiger partial charge in [-0.3, -0.25) is 4.79 Å². The highest BCUT2D eigenvalue weighted by Gasteiger charge is 2.16. The standard InChI is InChI=1S/C30H42N2O5/c1-23(2)29(34)36-20-11-9-7-6-8-10-19-35-27-17-15-25(16-18-27)31-32-26-14-12-13-24(21-26)22-28(33)37-30(3,4)5/h12-18,21,31-32H,1,6-11,19-20,22H2,2-5H3. The Morgan fingerprint density at radius 3 is 2.11 bits per heavy atom. The molecule has 0 heterocycles. The molecular formula is C30H42N2O5. The van der Waals surface area contributed by atoms with Crippen molar-refractivity contribution in [3.8, 4) is 5.75 Å². The first-order valence-corrected chi connectivity index (χ1v) is 13.0. The van der Waals surface area contributed by atoms with Crippen LogP contribution in [0.5, 0.6) is 5.75 Å². The number of carbonyl (C=O) groups excluding carboxylic acids is 2. The fourth-order valence-electron chi connectivity index (χ4n) is 3.47. The van der Waals surface area contributed by atoms with Gasteiger partial charge in [0.25, 0.3) is 0 Å². The molecule has 0 saturated heterocycles. The number of hydrogen-bond acceptors (Lipinski definition) is 7. The van der Waals surface area contributed by atoms with Crippen LogP contribution in [0.1, 0.15) is 71.8 Å². The van der Waals surface area contributed by atoms with Gasteiger partial charge in [0.15, 0.2) is 0 Å². The summed E-state index contributed by atoms with van der Waals surface area (Å²) in [6.07, 6.45) is 6.57. The molecule has 7 nitrogen and oxygen atoms in total. The predicted octanol–water partition coefficient (Wildman–Crippen LogP) is 6.85. The minimum Gasteiger partial charge on any atom is -0.494 e. The van der Waals surface area contributed by atoms with Crippen molar-refractivity contribution < 1.29 is 23.8 Å². The highest BCUT2D eigenvalue weighted by atomic mass is 16.6. The molecule has 2 rings (SSSR count). The Morgan fingerprint density at radius 2 is 1.46 bits per heavy atom. The Kier molecular flexibility index (Phi) is 12.5. The number of unbranched alkanes of at least 4 members (excludes halogenated alkanes) is 5. The van der Waals surface area contributed by atoms with E-state index < -0.39 is 5.60 Å². The van der Waals surface area contributed by atoms with Crippen LogP contribution in [0.25, 0.3) is 0 Å². The quantitative estimate of drug-likeness (QED) is 0.111. The van der Waals surface area contributed by atoms with E-state index in [0.717, 1.165) is 61.2 Å². The fourth-order valence-corrected chi connectivity index (χ4v) is 3.47. The third-order valence-corrected chi connectivity index (χ3v) is 5.29. The molecule has 202 valence electrons. The smallest absolute Gasteiger partial charge is 0.333 e. The molecule has 2 N–H and O–H groups in total. The lowest BCUT2D eigenvalue weighted by molar-refractivity contribution is -0.154. The van der Waals surface area contributed by atoms with Gasteiger partial charge in [-0.05, 0) is 82.5 Å². The summed E-state index contributed by atoms with van der Waals surface area (Å²) in [5.41, 5.74) is 8.93. The van der Waals surface area contributed by atoms with E-state index in [4.69, 9.17) is 14.2 Å². The van der Waals surface area contributed by atoms with Crippen molar-refractivity contribution in [1.29, 1.82) is 0 Å². The van der Waals surface area contributed by atoms with Crippen LogP contribution < -0.4 is 15.6 Å². The largest absolute Gasteiger partial charge is 0.494 e. The molecule has 0 amide bonds. The van der Waals surface area contributed by atoms with Crippen LogP contribution in [0.15, 0.2) is 60.7 Å². The summed E-state index contributed by atoms with van der Waals surface area (Å²) < 4.78 is 16.3. The van der Waals surface area contributed by atoms with Crippen molar-refractivity contribution in [3.63, 3.8) is 0 Å². The second-order valence-corrected chi connectivity index (χ2v) is 10.1. The highest BCUT2D eigenvalue weighted by Crippen LogP contribution is 2.18. The first-order chi connectivity index (χ1) is 17.6. The minimum atomic E-state index is -0.491. The summed E-state index contributed by atoms with van der Waals surface area (Å²) in [5.74, 6) is 0.287. The topological polar surface area (TPSA) is 85.9 Å². The van der Waals surface area contributed by atoms with E-state index in [1.54, 1.807) is 6.92 Å². The molecule has 0 aliphatic heterocycles. The maximum Gasteiger partial charge on any atom is 0.333 e. The van der Waals surface area contributed by atoms with Crippen LogP contribution in [0, 0.1) is 0 Å². The van der Waals surface area contributed by atoms with Crippen molar-refractivity contribution in [2.75, 3.05) is 24.1 Å². The number of ether oxygens (including phenoxy) is 3. The SMILES string of the molecule is C=C(C)C(=O)OCCCCCCCCOc1ccc(NNc2cccc(CC(=O)OC(C)(C)C)c2)cc1. The van der Waals surface area contributed by atoms with E-state index >= 15 is 0 Å². The second-order valence-electron chi connectivity index (χ2n) is 10.1. The molecule has 0 bridgehead atoms. The van der Waals surface area contributed by atoms with Gasteiger partial charge in [0.05, 0.1) is 31.0 Å². The van der Waals surface area contributed by atoms with Crippen LogP contribution in [0.2, 0.25) is 0 Å². The third kappa shape index (κ3) is 13.4. The molecule has 0 unspecified atom stereocenters. The summed E-state index contributed by atoms with van der Waals surface area (Å²) >= 11 is 0. The molecule has 37 heavy (non-hydrogen) atoms. The lowest BCUT2D eigenvalue weighted by Crippen LogP contribution is -2.24. The second kappa shape index (κ2) is 15.6. The lowest BCUT2D eigenvalue weighted by atomic mass is 10.1. The number of nitrogens with one attached hydrogen (secondary N) is 2. The van der Waals surface area contributed by atoms with Gasteiger partial charge in [-0.25, -0.2) is 4.79 Å². The number of rotatable bonds is 16. The Morgan fingerprint density at radius 1 is 0.838 bits per heavy atom. The number of hydrazine groups is 1. The maximum atomic E-state index is 12.1. The molecular weight excluding hydrogens is 468 g/mol. The van der Waals surface area contributed by atoms with Crippen LogP contribution >= 0.6 is 0 Å². The zero-order valence-corrected chi connectivity index (χ0v) is 22.7. The minimum absolute atomic E-state index is 0.228. The fraction of sp³-hybridized carbons (Fsp3) is 0.467. The molecule has 0 aliphatic rings. The number of anilines is 2. The molecule has 7 heteroatoms. The van der Waals surface area contributed by atoms with E-state index in [-0.39, 0.29) is 18.4 Å². The van der Waals surface area contributed by atoms with Gasteiger partial charge >= 0.3 is 11.9 Å². The van der Waals surface area contributed by atoms with Crippen molar-refractivity contribution >= 4 is 23.3 Å². The maximum absolute atomic E-state index is 12.1. The number of esters is 2. The van der Waals surface area contributed by atoms with Gasteiger partial charge in [0.2, 0.25) is 0 Å². The van der Waals surface area contributed by atoms with Crippen molar-refractivity contribution in [2.45, 2.75) is 78.2 Å². The summed E-state index contributed by atoms with van der Waals surface area (Å²) in [6, 6.07) is 15.5. The monoisotopic (exact) mass is 510 g/mol. The Hall–Kier alpha value is -3.48. The third-order valence-electron chi connectivity index (χ3n) is 5.29. The van der Waals surface area contributed by atoms with E-state index in [2.05, 4.69) is 17.4 Å². The van der Waals surface area contributed by atoms with Gasteiger partial charge in [-0.15, -0.1) is 0 Å². The molecule has 0 atom stereocenters. The number of benzene rings is 2. The molecule has 0 aliphatic carbocycles. The van der Waals surface area contributed by atoms with Crippen LogP contribution in [-0.2, 0) is 25.5 Å². The molecule has 2 aromatic carbocycles. The van der Waals surface area contributed by atoms with E-state index in [1.807, 2.05) is 69.3 Å². The van der Waals surface area contributed by atoms with Crippen molar-refractivity contribution in [2.24, 2.45) is 0 Å². The van der Waals surface area contributed by atoms with E-state index in [1.165, 1.54) is 0 Å². The summed E-state index contributed by atoms with van der Waals surface area (Å²) in [4.78, 5) is 23.4. The zero-order chi connectivity index (χ0) is 27.1. The van der Waals surface area contributed by atoms with Crippen molar-refractivity contribution in [3.05, 3.63) is 66.2 Å². The summed E-state index contributed by atoms with van der Waals surface area (Å²) in [7, 11) is 0. The predicted molar refractivity (Wildman–Crippen MR) is 149 cm³/mol. The van der Waals surface area contributed by atoms with Gasteiger partial charge in [0.1, 0.15) is 11.4 Å². The Bertz CT molecular complexity index is 996. The van der Waals surface area contributed by atoms with Crippen LogP contribution in [0.4, 0.5) is 11.4 Å². The van der Waals surface area contributed by atoms with Gasteiger partial charge in [-0.1, -0.05) is 44.4 Å². The van der Waals surface area contributed by atoms with Crippen LogP contribution in [-0.4, -0.2) is 30.8 Å². The van der Waals surface area contributed by atoms with Crippen molar-refractivity contribution in [1.82, 2.24) is 0 Å². The molecule has 0 aromatic heterocycles. The van der Waals surface area contributed by atoms with E-state index in [0.29, 0.717) is 18.8 Å². The molecule has 2 aromatic rings. The summed E-state index contributed by atoms with van der Waals surface area (Å²) in [5, 5.41) is 0. The number of hydrogen-bond donors (Lipinski definition) is 2. The van der Waals surface area contributed by atoms with Gasteiger partial charge < -0.3 is 25.1 Å². The average Bonchev–Trinajstić information content (AvgIpc) is 2.83. The zero-order valence-electron chi connectivity index (χ0n) is 22.7. The molecule has 0 radical (unpaired) electrons. The molecule has 0 spiro atoms. The lowest BCUT2D eigenvalue weighted by Gasteiger charge is -2.19. The Labute approximate surface area is 221 Å². The first kappa shape index (κ1) is 29.7. The first-order valence-electron chi connectivity index (χ1n) is 13.0. The molecule has 0 saturated carbocycles. The highest BCUT2D eigenvalue weighted by molar-refractivity contribution is 5.86. The van der Waals surface area contributed by atoms with Gasteiger partial charge in [0, 0.05) is 5.57 Å².